The molecule has 168 valence electrons. The van der Waals surface area contributed by atoms with Gasteiger partial charge >= 0.3 is 0 Å². The summed E-state index contributed by atoms with van der Waals surface area (Å²) in [6.45, 7) is 0. The number of nitrogens with one attached hydrogen (secondary N) is 1. The second-order valence-electron chi connectivity index (χ2n) is 9.45. The fraction of sp³-hybridized carbons (Fsp3) is 0. The summed E-state index contributed by atoms with van der Waals surface area (Å²) in [5.74, 6) is 0. The van der Waals surface area contributed by atoms with Crippen molar-refractivity contribution >= 4 is 54.5 Å². The third-order valence-corrected chi connectivity index (χ3v) is 7.41. The van der Waals surface area contributed by atoms with Crippen LogP contribution in [0.15, 0.2) is 126 Å². The minimum Gasteiger partial charge on any atom is -0.456 e. The summed E-state index contributed by atoms with van der Waals surface area (Å²) < 4.78 is 6.04. The highest BCUT2D eigenvalue weighted by Crippen LogP contribution is 2.38. The lowest BCUT2D eigenvalue weighted by atomic mass is 9.96. The molecule has 36 heavy (non-hydrogen) atoms. The van der Waals surface area contributed by atoms with Crippen LogP contribution in [0.2, 0.25) is 0 Å². The first-order valence-corrected chi connectivity index (χ1v) is 12.3. The normalized spacial score (nSPS) is 11.9. The molecule has 0 aliphatic carbocycles. The maximum atomic E-state index is 6.04. The second kappa shape index (κ2) is 7.34. The summed E-state index contributed by atoms with van der Waals surface area (Å²) in [6.07, 6.45) is 0. The van der Waals surface area contributed by atoms with E-state index in [0.29, 0.717) is 0 Å². The second-order valence-corrected chi connectivity index (χ2v) is 9.45. The van der Waals surface area contributed by atoms with Gasteiger partial charge in [-0.2, -0.15) is 0 Å². The van der Waals surface area contributed by atoms with Gasteiger partial charge in [0.05, 0.1) is 5.52 Å². The lowest BCUT2D eigenvalue weighted by molar-refractivity contribution is 0.669. The highest BCUT2D eigenvalue weighted by atomic mass is 16.3. The Morgan fingerprint density at radius 3 is 2.19 bits per heavy atom. The molecule has 0 bridgehead atoms. The fourth-order valence-corrected chi connectivity index (χ4v) is 5.71. The summed E-state index contributed by atoms with van der Waals surface area (Å²) >= 11 is 0. The van der Waals surface area contributed by atoms with Gasteiger partial charge in [0.2, 0.25) is 0 Å². The first-order chi connectivity index (χ1) is 17.8. The summed E-state index contributed by atoms with van der Waals surface area (Å²) in [6, 6.07) is 43.2. The molecule has 1 N–H and O–H groups in total. The lowest BCUT2D eigenvalue weighted by Gasteiger charge is -2.08. The van der Waals surface area contributed by atoms with Crippen molar-refractivity contribution in [1.82, 2.24) is 4.98 Å². The van der Waals surface area contributed by atoms with Crippen LogP contribution >= 0.6 is 0 Å². The monoisotopic (exact) mass is 459 g/mol. The molecule has 0 spiro atoms. The van der Waals surface area contributed by atoms with Crippen molar-refractivity contribution in [3.05, 3.63) is 121 Å². The number of hydrogen-bond donors (Lipinski definition) is 1. The molecule has 0 saturated heterocycles. The Morgan fingerprint density at radius 2 is 1.22 bits per heavy atom. The van der Waals surface area contributed by atoms with E-state index in [0.717, 1.165) is 21.9 Å². The van der Waals surface area contributed by atoms with E-state index in [4.69, 9.17) is 4.42 Å². The number of benzene rings is 6. The summed E-state index contributed by atoms with van der Waals surface area (Å²) in [4.78, 5) is 3.72. The summed E-state index contributed by atoms with van der Waals surface area (Å²) in [5, 5.41) is 7.40. The zero-order valence-corrected chi connectivity index (χ0v) is 19.5. The molecule has 6 aromatic carbocycles. The average molecular weight is 460 g/mol. The SMILES string of the molecule is c1cc(-c2ccc3oc4ccccc4c3c2)cc(-c2cccc3c2[nH]c2ccc4ccccc4c23)c1. The summed E-state index contributed by atoms with van der Waals surface area (Å²) in [7, 11) is 0. The van der Waals surface area contributed by atoms with Crippen molar-refractivity contribution in [3.63, 3.8) is 0 Å². The van der Waals surface area contributed by atoms with E-state index in [1.54, 1.807) is 0 Å². The van der Waals surface area contributed by atoms with Gasteiger partial charge < -0.3 is 9.40 Å². The van der Waals surface area contributed by atoms with Crippen molar-refractivity contribution in [2.75, 3.05) is 0 Å². The van der Waals surface area contributed by atoms with Crippen molar-refractivity contribution < 1.29 is 4.42 Å². The number of aromatic nitrogens is 1. The van der Waals surface area contributed by atoms with E-state index >= 15 is 0 Å². The third kappa shape index (κ3) is 2.79. The number of H-pyrrole nitrogens is 1. The Hall–Kier alpha value is -4.82. The maximum Gasteiger partial charge on any atom is 0.135 e. The molecule has 0 atom stereocenters. The molecule has 0 saturated carbocycles. The van der Waals surface area contributed by atoms with E-state index in [1.165, 1.54) is 54.8 Å². The van der Waals surface area contributed by atoms with Crippen LogP contribution in [0.1, 0.15) is 0 Å². The highest BCUT2D eigenvalue weighted by Gasteiger charge is 2.13. The van der Waals surface area contributed by atoms with Crippen LogP contribution in [0.5, 0.6) is 0 Å². The van der Waals surface area contributed by atoms with Crippen molar-refractivity contribution in [2.24, 2.45) is 0 Å². The standard InChI is InChI=1S/C34H21NO/c1-2-10-25-21(7-1)15-17-30-33(25)28-13-6-12-26(34(28)35-30)24-9-5-8-22(19-24)23-16-18-32-29(20-23)27-11-3-4-14-31(27)36-32/h1-20,35H. The van der Waals surface area contributed by atoms with Crippen LogP contribution in [0, 0.1) is 0 Å². The Labute approximate surface area is 207 Å². The van der Waals surface area contributed by atoms with Gasteiger partial charge in [-0.15, -0.1) is 0 Å². The van der Waals surface area contributed by atoms with Crippen molar-refractivity contribution in [1.29, 1.82) is 0 Å². The molecule has 2 nitrogen and oxygen atoms in total. The van der Waals surface area contributed by atoms with E-state index < -0.39 is 0 Å². The van der Waals surface area contributed by atoms with Crippen LogP contribution in [-0.2, 0) is 0 Å². The van der Waals surface area contributed by atoms with E-state index in [-0.39, 0.29) is 0 Å². The van der Waals surface area contributed by atoms with Gasteiger partial charge in [0, 0.05) is 32.6 Å². The predicted octanol–water partition coefficient (Wildman–Crippen LogP) is 9.71. The van der Waals surface area contributed by atoms with Gasteiger partial charge in [-0.25, -0.2) is 0 Å². The Morgan fingerprint density at radius 1 is 0.472 bits per heavy atom. The van der Waals surface area contributed by atoms with Gasteiger partial charge in [-0.05, 0) is 57.8 Å². The van der Waals surface area contributed by atoms with Crippen LogP contribution in [0.3, 0.4) is 0 Å². The van der Waals surface area contributed by atoms with E-state index in [9.17, 15) is 0 Å². The molecule has 0 radical (unpaired) electrons. The lowest BCUT2D eigenvalue weighted by Crippen LogP contribution is -1.83. The molecular formula is C34H21NO. The number of furan rings is 1. The molecule has 0 aliphatic heterocycles. The Kier molecular flexibility index (Phi) is 3.97. The zero-order valence-electron chi connectivity index (χ0n) is 19.5. The Bertz CT molecular complexity index is 2110. The smallest absolute Gasteiger partial charge is 0.135 e. The molecule has 0 unspecified atom stereocenters. The van der Waals surface area contributed by atoms with Gasteiger partial charge in [-0.3, -0.25) is 0 Å². The van der Waals surface area contributed by atoms with Crippen LogP contribution in [-0.4, -0.2) is 4.98 Å². The number of hydrogen-bond acceptors (Lipinski definition) is 1. The molecule has 2 heteroatoms. The zero-order chi connectivity index (χ0) is 23.6. The van der Waals surface area contributed by atoms with E-state index in [1.807, 2.05) is 12.1 Å². The molecular weight excluding hydrogens is 438 g/mol. The minimum absolute atomic E-state index is 0.922. The topological polar surface area (TPSA) is 28.9 Å². The number of fused-ring (bicyclic) bond motifs is 8. The number of aromatic amines is 1. The number of para-hydroxylation sites is 2. The largest absolute Gasteiger partial charge is 0.456 e. The summed E-state index contributed by atoms with van der Waals surface area (Å²) in [5.41, 5.74) is 8.99. The van der Waals surface area contributed by atoms with Gasteiger partial charge in [0.15, 0.2) is 0 Å². The fourth-order valence-electron chi connectivity index (χ4n) is 5.71. The molecule has 0 fully saturated rings. The van der Waals surface area contributed by atoms with E-state index in [2.05, 4.69) is 114 Å². The van der Waals surface area contributed by atoms with Crippen LogP contribution < -0.4 is 0 Å². The maximum absolute atomic E-state index is 6.04. The molecule has 0 amide bonds. The van der Waals surface area contributed by atoms with Crippen LogP contribution in [0.25, 0.3) is 76.8 Å². The van der Waals surface area contributed by atoms with Gasteiger partial charge in [-0.1, -0.05) is 91.0 Å². The minimum atomic E-state index is 0.922. The predicted molar refractivity (Wildman–Crippen MR) is 151 cm³/mol. The average Bonchev–Trinajstić information content (AvgIpc) is 3.51. The quantitative estimate of drug-likeness (QED) is 0.274. The van der Waals surface area contributed by atoms with Crippen molar-refractivity contribution in [3.8, 4) is 22.3 Å². The van der Waals surface area contributed by atoms with Gasteiger partial charge in [0.25, 0.3) is 0 Å². The molecule has 2 heterocycles. The molecule has 8 aromatic rings. The van der Waals surface area contributed by atoms with Gasteiger partial charge in [0.1, 0.15) is 11.2 Å². The van der Waals surface area contributed by atoms with Crippen molar-refractivity contribution in [2.45, 2.75) is 0 Å². The first-order valence-electron chi connectivity index (χ1n) is 12.3. The molecule has 0 aliphatic rings. The van der Waals surface area contributed by atoms with Crippen LogP contribution in [0.4, 0.5) is 0 Å². The first kappa shape index (κ1) is 19.5. The molecule has 8 rings (SSSR count). The molecule has 2 aromatic heterocycles. The highest BCUT2D eigenvalue weighted by molar-refractivity contribution is 6.22. The Balaban J connectivity index is 1.32. The number of rotatable bonds is 2. The third-order valence-electron chi connectivity index (χ3n) is 7.41.